The van der Waals surface area contributed by atoms with Crippen LogP contribution in [0.15, 0.2) is 30.3 Å². The van der Waals surface area contributed by atoms with Crippen LogP contribution in [0.2, 0.25) is 0 Å². The van der Waals surface area contributed by atoms with Gasteiger partial charge in [0.1, 0.15) is 0 Å². The molecule has 1 amide bonds. The summed E-state index contributed by atoms with van der Waals surface area (Å²) in [6.07, 6.45) is 0. The van der Waals surface area contributed by atoms with Crippen LogP contribution in [0.25, 0.3) is 0 Å². The molecule has 0 radical (unpaired) electrons. The summed E-state index contributed by atoms with van der Waals surface area (Å²) in [7, 11) is 0. The third-order valence-corrected chi connectivity index (χ3v) is 1.96. The van der Waals surface area contributed by atoms with E-state index in [2.05, 4.69) is 5.32 Å². The second kappa shape index (κ2) is 5.66. The van der Waals surface area contributed by atoms with Gasteiger partial charge in [-0.3, -0.25) is 4.79 Å². The van der Waals surface area contributed by atoms with E-state index in [1.54, 1.807) is 12.1 Å². The molecule has 0 aliphatic carbocycles. The van der Waals surface area contributed by atoms with Gasteiger partial charge in [-0.05, 0) is 32.9 Å². The maximum absolute atomic E-state index is 11.6. The first kappa shape index (κ1) is 12.7. The molecule has 1 N–H and O–H groups in total. The third kappa shape index (κ3) is 4.94. The van der Waals surface area contributed by atoms with Crippen molar-refractivity contribution in [2.75, 3.05) is 13.2 Å². The number of nitrogens with one attached hydrogen (secondary N) is 1. The van der Waals surface area contributed by atoms with Crippen LogP contribution < -0.4 is 5.32 Å². The van der Waals surface area contributed by atoms with Gasteiger partial charge < -0.3 is 10.1 Å². The standard InChI is InChI=1S/C13H19NO2/c1-13(2,3)16-10-9-14-12(15)11-7-5-4-6-8-11/h4-8H,9-10H2,1-3H3,(H,14,15). The molecule has 1 rings (SSSR count). The monoisotopic (exact) mass is 221 g/mol. The zero-order valence-electron chi connectivity index (χ0n) is 10.1. The fraction of sp³-hybridized carbons (Fsp3) is 0.462. The summed E-state index contributed by atoms with van der Waals surface area (Å²) in [4.78, 5) is 11.6. The number of benzene rings is 1. The minimum absolute atomic E-state index is 0.0573. The van der Waals surface area contributed by atoms with Crippen LogP contribution in [-0.4, -0.2) is 24.7 Å². The Labute approximate surface area is 96.8 Å². The van der Waals surface area contributed by atoms with Crippen LogP contribution in [0.3, 0.4) is 0 Å². The molecule has 0 atom stereocenters. The molecule has 0 saturated carbocycles. The van der Waals surface area contributed by atoms with E-state index in [0.717, 1.165) is 0 Å². The zero-order chi connectivity index (χ0) is 12.0. The minimum atomic E-state index is -0.155. The van der Waals surface area contributed by atoms with E-state index >= 15 is 0 Å². The Hall–Kier alpha value is -1.35. The molecule has 1 aromatic carbocycles. The molecule has 0 aliphatic rings. The number of hydrogen-bond acceptors (Lipinski definition) is 2. The highest BCUT2D eigenvalue weighted by Crippen LogP contribution is 2.05. The van der Waals surface area contributed by atoms with Crippen LogP contribution in [0.5, 0.6) is 0 Å². The average molecular weight is 221 g/mol. The lowest BCUT2D eigenvalue weighted by atomic mass is 10.2. The molecule has 1 aromatic rings. The second-order valence-electron chi connectivity index (χ2n) is 4.58. The quantitative estimate of drug-likeness (QED) is 0.792. The first-order chi connectivity index (χ1) is 7.49. The molecule has 0 bridgehead atoms. The summed E-state index contributed by atoms with van der Waals surface area (Å²) in [6, 6.07) is 9.17. The zero-order valence-corrected chi connectivity index (χ0v) is 10.1. The molecule has 0 spiro atoms. The van der Waals surface area contributed by atoms with Crippen molar-refractivity contribution in [1.82, 2.24) is 5.32 Å². The van der Waals surface area contributed by atoms with E-state index in [1.807, 2.05) is 39.0 Å². The predicted molar refractivity (Wildman–Crippen MR) is 64.5 cm³/mol. The Morgan fingerprint density at radius 1 is 1.25 bits per heavy atom. The Kier molecular flexibility index (Phi) is 4.50. The van der Waals surface area contributed by atoms with E-state index in [4.69, 9.17) is 4.74 Å². The molecule has 0 heterocycles. The Morgan fingerprint density at radius 2 is 1.88 bits per heavy atom. The van der Waals surface area contributed by atoms with Gasteiger partial charge in [0.2, 0.25) is 0 Å². The van der Waals surface area contributed by atoms with E-state index in [1.165, 1.54) is 0 Å². The topological polar surface area (TPSA) is 38.3 Å². The van der Waals surface area contributed by atoms with Crippen molar-refractivity contribution in [1.29, 1.82) is 0 Å². The van der Waals surface area contributed by atoms with Gasteiger partial charge in [-0.15, -0.1) is 0 Å². The van der Waals surface area contributed by atoms with Crippen molar-refractivity contribution < 1.29 is 9.53 Å². The molecular weight excluding hydrogens is 202 g/mol. The smallest absolute Gasteiger partial charge is 0.251 e. The Balaban J connectivity index is 2.27. The number of ether oxygens (including phenoxy) is 1. The molecule has 0 saturated heterocycles. The van der Waals surface area contributed by atoms with E-state index < -0.39 is 0 Å². The van der Waals surface area contributed by atoms with Gasteiger partial charge in [0.25, 0.3) is 5.91 Å². The average Bonchev–Trinajstić information content (AvgIpc) is 2.24. The molecule has 3 heteroatoms. The van der Waals surface area contributed by atoms with Gasteiger partial charge in [-0.2, -0.15) is 0 Å². The molecule has 16 heavy (non-hydrogen) atoms. The number of hydrogen-bond donors (Lipinski definition) is 1. The van der Waals surface area contributed by atoms with Gasteiger partial charge in [0, 0.05) is 12.1 Å². The van der Waals surface area contributed by atoms with Crippen molar-refractivity contribution in [3.05, 3.63) is 35.9 Å². The van der Waals surface area contributed by atoms with E-state index in [0.29, 0.717) is 18.7 Å². The van der Waals surface area contributed by atoms with E-state index in [-0.39, 0.29) is 11.5 Å². The summed E-state index contributed by atoms with van der Waals surface area (Å²) < 4.78 is 5.50. The van der Waals surface area contributed by atoms with Gasteiger partial charge in [0.05, 0.1) is 12.2 Å². The van der Waals surface area contributed by atoms with Crippen LogP contribution in [0.4, 0.5) is 0 Å². The molecule has 0 aromatic heterocycles. The third-order valence-electron chi connectivity index (χ3n) is 1.96. The van der Waals surface area contributed by atoms with Gasteiger partial charge in [0.15, 0.2) is 0 Å². The molecular formula is C13H19NO2. The van der Waals surface area contributed by atoms with Gasteiger partial charge in [-0.25, -0.2) is 0 Å². The summed E-state index contributed by atoms with van der Waals surface area (Å²) in [5.74, 6) is -0.0573. The summed E-state index contributed by atoms with van der Waals surface area (Å²) in [5, 5.41) is 2.81. The summed E-state index contributed by atoms with van der Waals surface area (Å²) >= 11 is 0. The molecule has 0 aliphatic heterocycles. The van der Waals surface area contributed by atoms with Crippen LogP contribution in [0, 0.1) is 0 Å². The van der Waals surface area contributed by atoms with Crippen LogP contribution in [0.1, 0.15) is 31.1 Å². The molecule has 88 valence electrons. The maximum atomic E-state index is 11.6. The predicted octanol–water partition coefficient (Wildman–Crippen LogP) is 2.23. The molecule has 0 unspecified atom stereocenters. The highest BCUT2D eigenvalue weighted by molar-refractivity contribution is 5.94. The first-order valence-electron chi connectivity index (χ1n) is 5.46. The molecule has 3 nitrogen and oxygen atoms in total. The number of amides is 1. The number of rotatable bonds is 4. The van der Waals surface area contributed by atoms with Crippen molar-refractivity contribution in [3.63, 3.8) is 0 Å². The number of carbonyl (C=O) groups is 1. The van der Waals surface area contributed by atoms with E-state index in [9.17, 15) is 4.79 Å². The first-order valence-corrected chi connectivity index (χ1v) is 5.46. The van der Waals surface area contributed by atoms with Crippen LogP contribution >= 0.6 is 0 Å². The SMILES string of the molecule is CC(C)(C)OCCNC(=O)c1ccccc1. The van der Waals surface area contributed by atoms with Crippen molar-refractivity contribution in [3.8, 4) is 0 Å². The largest absolute Gasteiger partial charge is 0.374 e. The highest BCUT2D eigenvalue weighted by atomic mass is 16.5. The molecule has 0 fully saturated rings. The maximum Gasteiger partial charge on any atom is 0.251 e. The highest BCUT2D eigenvalue weighted by Gasteiger charge is 2.09. The minimum Gasteiger partial charge on any atom is -0.374 e. The normalized spacial score (nSPS) is 11.2. The van der Waals surface area contributed by atoms with Crippen molar-refractivity contribution in [2.24, 2.45) is 0 Å². The summed E-state index contributed by atoms with van der Waals surface area (Å²) in [5.41, 5.74) is 0.524. The van der Waals surface area contributed by atoms with Gasteiger partial charge >= 0.3 is 0 Å². The van der Waals surface area contributed by atoms with Crippen molar-refractivity contribution >= 4 is 5.91 Å². The fourth-order valence-corrected chi connectivity index (χ4v) is 1.21. The van der Waals surface area contributed by atoms with Crippen LogP contribution in [-0.2, 0) is 4.74 Å². The Bertz CT molecular complexity index is 328. The second-order valence-corrected chi connectivity index (χ2v) is 4.58. The number of carbonyl (C=O) groups excluding carboxylic acids is 1. The van der Waals surface area contributed by atoms with Crippen molar-refractivity contribution in [2.45, 2.75) is 26.4 Å². The lowest BCUT2D eigenvalue weighted by Gasteiger charge is -2.19. The Morgan fingerprint density at radius 3 is 2.44 bits per heavy atom. The van der Waals surface area contributed by atoms with Gasteiger partial charge in [-0.1, -0.05) is 18.2 Å². The lowest BCUT2D eigenvalue weighted by molar-refractivity contribution is -0.000652. The summed E-state index contributed by atoms with van der Waals surface area (Å²) in [6.45, 7) is 7.04. The lowest BCUT2D eigenvalue weighted by Crippen LogP contribution is -2.30. The fourth-order valence-electron chi connectivity index (χ4n) is 1.21.